The van der Waals surface area contributed by atoms with Gasteiger partial charge in [-0.3, -0.25) is 0 Å². The quantitative estimate of drug-likeness (QED) is 0.794. The van der Waals surface area contributed by atoms with Gasteiger partial charge in [0.05, 0.1) is 6.10 Å². The van der Waals surface area contributed by atoms with Gasteiger partial charge in [-0.2, -0.15) is 0 Å². The van der Waals surface area contributed by atoms with Crippen LogP contribution in [0.4, 0.5) is 0 Å². The molecule has 1 unspecified atom stereocenters. The molecule has 2 nitrogen and oxygen atoms in total. The number of aliphatic hydroxyl groups excluding tert-OH is 1. The van der Waals surface area contributed by atoms with Crippen molar-refractivity contribution in [3.8, 4) is 0 Å². The molecule has 1 atom stereocenters. The van der Waals surface area contributed by atoms with Crippen molar-refractivity contribution in [1.82, 2.24) is 0 Å². The fourth-order valence-corrected chi connectivity index (χ4v) is 1.52. The monoisotopic (exact) mass is 207 g/mol. The number of aliphatic hydroxyl groups is 1. The Bertz CT molecular complexity index is 315. The smallest absolute Gasteiger partial charge is 0.0702 e. The fraction of sp³-hybridized carbons (Fsp3) is 0.538. The van der Waals surface area contributed by atoms with Crippen LogP contribution in [-0.2, 0) is 11.8 Å². The molecule has 0 saturated carbocycles. The normalized spacial score (nSPS) is 13.9. The number of benzene rings is 1. The molecule has 0 bridgehead atoms. The first-order valence-electron chi connectivity index (χ1n) is 5.41. The van der Waals surface area contributed by atoms with E-state index in [1.54, 1.807) is 0 Å². The Hall–Kier alpha value is -0.860. The Morgan fingerprint density at radius 1 is 1.33 bits per heavy atom. The standard InChI is InChI=1S/C13H21NO/c1-13(2,3)11-6-4-5-10(7-11)8-12(15)9-14/h4-7,12,15H,8-9,14H2,1-3H3. The van der Waals surface area contributed by atoms with Crippen molar-refractivity contribution < 1.29 is 5.11 Å². The summed E-state index contributed by atoms with van der Waals surface area (Å²) in [5.74, 6) is 0. The summed E-state index contributed by atoms with van der Waals surface area (Å²) in [5.41, 5.74) is 8.00. The van der Waals surface area contributed by atoms with Crippen LogP contribution in [0.5, 0.6) is 0 Å². The fourth-order valence-electron chi connectivity index (χ4n) is 1.52. The van der Waals surface area contributed by atoms with Crippen molar-refractivity contribution in [2.24, 2.45) is 5.73 Å². The SMILES string of the molecule is CC(C)(C)c1cccc(CC(O)CN)c1. The van der Waals surface area contributed by atoms with Crippen molar-refractivity contribution >= 4 is 0 Å². The summed E-state index contributed by atoms with van der Waals surface area (Å²) in [6, 6.07) is 8.35. The zero-order valence-electron chi connectivity index (χ0n) is 9.83. The minimum Gasteiger partial charge on any atom is -0.391 e. The van der Waals surface area contributed by atoms with Gasteiger partial charge in [-0.05, 0) is 23.0 Å². The van der Waals surface area contributed by atoms with Gasteiger partial charge in [-0.1, -0.05) is 45.0 Å². The van der Waals surface area contributed by atoms with Crippen LogP contribution in [-0.4, -0.2) is 17.8 Å². The van der Waals surface area contributed by atoms with Crippen LogP contribution >= 0.6 is 0 Å². The summed E-state index contributed by atoms with van der Waals surface area (Å²) in [5, 5.41) is 9.48. The van der Waals surface area contributed by atoms with E-state index in [1.807, 2.05) is 12.1 Å². The van der Waals surface area contributed by atoms with Gasteiger partial charge in [0.1, 0.15) is 0 Å². The number of hydrogen-bond acceptors (Lipinski definition) is 2. The molecule has 1 aromatic carbocycles. The van der Waals surface area contributed by atoms with Gasteiger partial charge >= 0.3 is 0 Å². The first-order chi connectivity index (χ1) is 6.93. The Morgan fingerprint density at radius 3 is 2.53 bits per heavy atom. The maximum absolute atomic E-state index is 9.48. The topological polar surface area (TPSA) is 46.2 Å². The average Bonchev–Trinajstić information content (AvgIpc) is 2.17. The zero-order chi connectivity index (χ0) is 11.5. The predicted molar refractivity (Wildman–Crippen MR) is 63.9 cm³/mol. The average molecular weight is 207 g/mol. The third kappa shape index (κ3) is 3.65. The molecule has 0 aliphatic rings. The number of nitrogens with two attached hydrogens (primary N) is 1. The number of rotatable bonds is 3. The van der Waals surface area contributed by atoms with Crippen molar-refractivity contribution in [2.45, 2.75) is 38.7 Å². The van der Waals surface area contributed by atoms with Gasteiger partial charge in [0.15, 0.2) is 0 Å². The second-order valence-electron chi connectivity index (χ2n) is 5.04. The maximum atomic E-state index is 9.48. The summed E-state index contributed by atoms with van der Waals surface area (Å²) in [6.45, 7) is 6.88. The van der Waals surface area contributed by atoms with Crippen LogP contribution in [0.2, 0.25) is 0 Å². The van der Waals surface area contributed by atoms with E-state index >= 15 is 0 Å². The summed E-state index contributed by atoms with van der Waals surface area (Å²) < 4.78 is 0. The molecule has 0 saturated heterocycles. The number of hydrogen-bond donors (Lipinski definition) is 2. The summed E-state index contributed by atoms with van der Waals surface area (Å²) in [7, 11) is 0. The van der Waals surface area contributed by atoms with Crippen molar-refractivity contribution in [1.29, 1.82) is 0 Å². The molecule has 0 aromatic heterocycles. The van der Waals surface area contributed by atoms with E-state index in [9.17, 15) is 5.11 Å². The second-order valence-corrected chi connectivity index (χ2v) is 5.04. The minimum atomic E-state index is -0.430. The van der Waals surface area contributed by atoms with E-state index in [0.29, 0.717) is 13.0 Å². The molecular weight excluding hydrogens is 186 g/mol. The zero-order valence-corrected chi connectivity index (χ0v) is 9.83. The van der Waals surface area contributed by atoms with E-state index in [4.69, 9.17) is 5.73 Å². The predicted octanol–water partition coefficient (Wildman–Crippen LogP) is 1.85. The van der Waals surface area contributed by atoms with Crippen LogP contribution in [0.1, 0.15) is 31.9 Å². The highest BCUT2D eigenvalue weighted by Crippen LogP contribution is 2.23. The molecule has 0 heterocycles. The summed E-state index contributed by atoms with van der Waals surface area (Å²) >= 11 is 0. The van der Waals surface area contributed by atoms with Crippen molar-refractivity contribution in [3.05, 3.63) is 35.4 Å². The van der Waals surface area contributed by atoms with Crippen LogP contribution in [0.25, 0.3) is 0 Å². The van der Waals surface area contributed by atoms with Gasteiger partial charge in [0.2, 0.25) is 0 Å². The third-order valence-electron chi connectivity index (χ3n) is 2.54. The van der Waals surface area contributed by atoms with Crippen LogP contribution in [0.15, 0.2) is 24.3 Å². The lowest BCUT2D eigenvalue weighted by Gasteiger charge is -2.20. The summed E-state index contributed by atoms with van der Waals surface area (Å²) in [6.07, 6.45) is 0.209. The molecule has 0 aliphatic heterocycles. The summed E-state index contributed by atoms with van der Waals surface area (Å²) in [4.78, 5) is 0. The Kier molecular flexibility index (Phi) is 3.89. The molecule has 0 aliphatic carbocycles. The van der Waals surface area contributed by atoms with Crippen LogP contribution in [0, 0.1) is 0 Å². The third-order valence-corrected chi connectivity index (χ3v) is 2.54. The molecule has 0 radical (unpaired) electrons. The van der Waals surface area contributed by atoms with Gasteiger partial charge in [-0.15, -0.1) is 0 Å². The van der Waals surface area contributed by atoms with Gasteiger partial charge in [0.25, 0.3) is 0 Å². The Balaban J connectivity index is 2.84. The highest BCUT2D eigenvalue weighted by molar-refractivity contribution is 5.28. The lowest BCUT2D eigenvalue weighted by atomic mass is 9.86. The Morgan fingerprint density at radius 2 is 2.00 bits per heavy atom. The largest absolute Gasteiger partial charge is 0.391 e. The molecule has 0 amide bonds. The van der Waals surface area contributed by atoms with E-state index in [2.05, 4.69) is 32.9 Å². The molecule has 0 fully saturated rings. The first kappa shape index (κ1) is 12.2. The lowest BCUT2D eigenvalue weighted by Crippen LogP contribution is -2.22. The van der Waals surface area contributed by atoms with Gasteiger partial charge < -0.3 is 10.8 Å². The second kappa shape index (κ2) is 4.77. The van der Waals surface area contributed by atoms with Crippen molar-refractivity contribution in [2.75, 3.05) is 6.54 Å². The van der Waals surface area contributed by atoms with Crippen molar-refractivity contribution in [3.63, 3.8) is 0 Å². The van der Waals surface area contributed by atoms with Gasteiger partial charge in [0, 0.05) is 6.54 Å². The van der Waals surface area contributed by atoms with Crippen LogP contribution < -0.4 is 5.73 Å². The molecule has 0 spiro atoms. The maximum Gasteiger partial charge on any atom is 0.0702 e. The van der Waals surface area contributed by atoms with E-state index < -0.39 is 6.10 Å². The van der Waals surface area contributed by atoms with Gasteiger partial charge in [-0.25, -0.2) is 0 Å². The molecule has 1 rings (SSSR count). The van der Waals surface area contributed by atoms with E-state index in [1.165, 1.54) is 5.56 Å². The molecule has 3 N–H and O–H groups in total. The highest BCUT2D eigenvalue weighted by Gasteiger charge is 2.14. The lowest BCUT2D eigenvalue weighted by molar-refractivity contribution is 0.183. The molecule has 84 valence electrons. The first-order valence-corrected chi connectivity index (χ1v) is 5.41. The minimum absolute atomic E-state index is 0.156. The van der Waals surface area contributed by atoms with Crippen LogP contribution in [0.3, 0.4) is 0 Å². The van der Waals surface area contributed by atoms with E-state index in [0.717, 1.165) is 5.56 Å². The molecular formula is C13H21NO. The molecule has 1 aromatic rings. The Labute approximate surface area is 92.1 Å². The highest BCUT2D eigenvalue weighted by atomic mass is 16.3. The molecule has 2 heteroatoms. The van der Waals surface area contributed by atoms with E-state index in [-0.39, 0.29) is 5.41 Å². The molecule has 15 heavy (non-hydrogen) atoms.